The van der Waals surface area contributed by atoms with Crippen LogP contribution in [-0.2, 0) is 0 Å². The van der Waals surface area contributed by atoms with Crippen LogP contribution < -0.4 is 5.32 Å². The van der Waals surface area contributed by atoms with Crippen molar-refractivity contribution in [2.24, 2.45) is 0 Å². The van der Waals surface area contributed by atoms with Gasteiger partial charge in [0, 0.05) is 23.7 Å². The van der Waals surface area contributed by atoms with Crippen LogP contribution >= 0.6 is 0 Å². The predicted octanol–water partition coefficient (Wildman–Crippen LogP) is 3.29. The maximum absolute atomic E-state index is 11.9. The molecule has 5 heteroatoms. The summed E-state index contributed by atoms with van der Waals surface area (Å²) in [5, 5.41) is 13.4. The Morgan fingerprint density at radius 3 is 2.47 bits per heavy atom. The number of non-ortho nitro benzene ring substituents is 1. The van der Waals surface area contributed by atoms with Crippen LogP contribution in [0.4, 0.5) is 5.69 Å². The number of benzene rings is 1. The number of carbonyl (C=O) groups is 1. The summed E-state index contributed by atoms with van der Waals surface area (Å²) in [4.78, 5) is 21.9. The van der Waals surface area contributed by atoms with E-state index in [0.29, 0.717) is 5.56 Å². The van der Waals surface area contributed by atoms with E-state index < -0.39 is 4.92 Å². The Morgan fingerprint density at radius 1 is 1.32 bits per heavy atom. The van der Waals surface area contributed by atoms with Gasteiger partial charge in [-0.2, -0.15) is 0 Å². The molecular weight excluding hydrogens is 244 g/mol. The monoisotopic (exact) mass is 264 g/mol. The molecule has 1 aromatic rings. The van der Waals surface area contributed by atoms with Gasteiger partial charge < -0.3 is 5.32 Å². The first-order valence-electron chi connectivity index (χ1n) is 6.60. The molecule has 5 nitrogen and oxygen atoms in total. The lowest BCUT2D eigenvalue weighted by Crippen LogP contribution is -2.32. The Morgan fingerprint density at radius 2 is 1.95 bits per heavy atom. The van der Waals surface area contributed by atoms with Crippen molar-refractivity contribution in [2.75, 3.05) is 0 Å². The molecule has 0 radical (unpaired) electrons. The third-order valence-corrected chi connectivity index (χ3v) is 2.96. The zero-order valence-electron chi connectivity index (χ0n) is 11.4. The average Bonchev–Trinajstić information content (AvgIpc) is 2.39. The van der Waals surface area contributed by atoms with Crippen LogP contribution in [0.15, 0.2) is 24.3 Å². The highest BCUT2D eigenvalue weighted by molar-refractivity contribution is 5.94. The number of hydrogen-bond acceptors (Lipinski definition) is 3. The Kier molecular flexibility index (Phi) is 5.99. The second-order valence-corrected chi connectivity index (χ2v) is 4.67. The van der Waals surface area contributed by atoms with Gasteiger partial charge in [-0.15, -0.1) is 0 Å². The molecule has 1 rings (SSSR count). The number of hydrogen-bond donors (Lipinski definition) is 1. The van der Waals surface area contributed by atoms with Crippen molar-refractivity contribution in [3.63, 3.8) is 0 Å². The first-order valence-corrected chi connectivity index (χ1v) is 6.60. The predicted molar refractivity (Wildman–Crippen MR) is 74.2 cm³/mol. The van der Waals surface area contributed by atoms with Crippen molar-refractivity contribution in [1.82, 2.24) is 5.32 Å². The third-order valence-electron chi connectivity index (χ3n) is 2.96. The van der Waals surface area contributed by atoms with E-state index in [2.05, 4.69) is 12.2 Å². The number of carbonyl (C=O) groups excluding carboxylic acids is 1. The van der Waals surface area contributed by atoms with Crippen LogP contribution in [0.1, 0.15) is 49.9 Å². The zero-order chi connectivity index (χ0) is 14.3. The lowest BCUT2D eigenvalue weighted by Gasteiger charge is -2.13. The third kappa shape index (κ3) is 5.07. The minimum atomic E-state index is -0.477. The fourth-order valence-electron chi connectivity index (χ4n) is 1.81. The average molecular weight is 264 g/mol. The minimum Gasteiger partial charge on any atom is -0.350 e. The SMILES string of the molecule is CCCCCC(C)NC(=O)c1ccc([N+](=O)[O-])cc1. The number of nitro groups is 1. The molecule has 0 spiro atoms. The van der Waals surface area contributed by atoms with Crippen LogP contribution in [-0.4, -0.2) is 16.9 Å². The minimum absolute atomic E-state index is 0.00690. The zero-order valence-corrected chi connectivity index (χ0v) is 11.4. The number of nitrogens with zero attached hydrogens (tertiary/aromatic N) is 1. The van der Waals surface area contributed by atoms with Gasteiger partial charge in [-0.1, -0.05) is 26.2 Å². The van der Waals surface area contributed by atoms with Gasteiger partial charge in [0.05, 0.1) is 4.92 Å². The quantitative estimate of drug-likeness (QED) is 0.466. The number of unbranched alkanes of at least 4 members (excludes halogenated alkanes) is 2. The second kappa shape index (κ2) is 7.51. The Balaban J connectivity index is 2.51. The van der Waals surface area contributed by atoms with E-state index in [0.717, 1.165) is 25.7 Å². The molecule has 1 amide bonds. The Bertz CT molecular complexity index is 429. The molecule has 0 aromatic heterocycles. The van der Waals surface area contributed by atoms with E-state index >= 15 is 0 Å². The Hall–Kier alpha value is -1.91. The van der Waals surface area contributed by atoms with E-state index in [1.807, 2.05) is 6.92 Å². The molecule has 104 valence electrons. The molecule has 0 aliphatic heterocycles. The number of nitro benzene ring substituents is 1. The largest absolute Gasteiger partial charge is 0.350 e. The highest BCUT2D eigenvalue weighted by Crippen LogP contribution is 2.12. The van der Waals surface area contributed by atoms with Crippen LogP contribution in [0.25, 0.3) is 0 Å². The maximum atomic E-state index is 11.9. The molecule has 1 unspecified atom stereocenters. The standard InChI is InChI=1S/C14H20N2O3/c1-3-4-5-6-11(2)15-14(17)12-7-9-13(10-8-12)16(18)19/h7-11H,3-6H2,1-2H3,(H,15,17). The molecule has 1 atom stereocenters. The molecule has 1 N–H and O–H groups in total. The van der Waals surface area contributed by atoms with Gasteiger partial charge >= 0.3 is 0 Å². The first-order chi connectivity index (χ1) is 9.04. The molecule has 0 aliphatic rings. The number of nitrogens with one attached hydrogen (secondary N) is 1. The molecule has 1 aromatic carbocycles. The summed E-state index contributed by atoms with van der Waals surface area (Å²) in [7, 11) is 0. The van der Waals surface area contributed by atoms with Gasteiger partial charge in [0.1, 0.15) is 0 Å². The van der Waals surface area contributed by atoms with Gasteiger partial charge in [0.2, 0.25) is 0 Å². The first kappa shape index (κ1) is 15.1. The summed E-state index contributed by atoms with van der Waals surface area (Å²) in [6.07, 6.45) is 4.37. The number of rotatable bonds is 7. The normalized spacial score (nSPS) is 11.9. The van der Waals surface area contributed by atoms with Crippen molar-refractivity contribution >= 4 is 11.6 Å². The number of amides is 1. The fraction of sp³-hybridized carbons (Fsp3) is 0.500. The second-order valence-electron chi connectivity index (χ2n) is 4.67. The van der Waals surface area contributed by atoms with Crippen LogP contribution in [0.3, 0.4) is 0 Å². The van der Waals surface area contributed by atoms with Gasteiger partial charge in [-0.25, -0.2) is 0 Å². The van der Waals surface area contributed by atoms with E-state index in [4.69, 9.17) is 0 Å². The molecule has 0 aliphatic carbocycles. The molecule has 0 fully saturated rings. The molecule has 0 heterocycles. The van der Waals surface area contributed by atoms with Crippen molar-refractivity contribution in [3.05, 3.63) is 39.9 Å². The fourth-order valence-corrected chi connectivity index (χ4v) is 1.81. The molecule has 0 bridgehead atoms. The highest BCUT2D eigenvalue weighted by Gasteiger charge is 2.11. The lowest BCUT2D eigenvalue weighted by atomic mass is 10.1. The summed E-state index contributed by atoms with van der Waals surface area (Å²) in [5.74, 6) is -0.182. The van der Waals surface area contributed by atoms with Gasteiger partial charge in [-0.05, 0) is 25.5 Å². The summed E-state index contributed by atoms with van der Waals surface area (Å²) in [6.45, 7) is 4.11. The molecule has 0 saturated carbocycles. The van der Waals surface area contributed by atoms with Crippen LogP contribution in [0.2, 0.25) is 0 Å². The highest BCUT2D eigenvalue weighted by atomic mass is 16.6. The maximum Gasteiger partial charge on any atom is 0.269 e. The van der Waals surface area contributed by atoms with E-state index in [1.165, 1.54) is 24.3 Å². The van der Waals surface area contributed by atoms with Crippen LogP contribution in [0.5, 0.6) is 0 Å². The summed E-state index contributed by atoms with van der Waals surface area (Å²) < 4.78 is 0. The summed E-state index contributed by atoms with van der Waals surface area (Å²) in [6, 6.07) is 5.76. The smallest absolute Gasteiger partial charge is 0.269 e. The van der Waals surface area contributed by atoms with Gasteiger partial charge in [0.15, 0.2) is 0 Å². The lowest BCUT2D eigenvalue weighted by molar-refractivity contribution is -0.384. The van der Waals surface area contributed by atoms with E-state index in [9.17, 15) is 14.9 Å². The van der Waals surface area contributed by atoms with Crippen LogP contribution in [0, 0.1) is 10.1 Å². The van der Waals surface area contributed by atoms with Crippen molar-refractivity contribution < 1.29 is 9.72 Å². The van der Waals surface area contributed by atoms with Gasteiger partial charge in [0.25, 0.3) is 11.6 Å². The summed E-state index contributed by atoms with van der Waals surface area (Å²) >= 11 is 0. The van der Waals surface area contributed by atoms with Crippen molar-refractivity contribution in [2.45, 2.75) is 45.6 Å². The molecule has 19 heavy (non-hydrogen) atoms. The topological polar surface area (TPSA) is 72.2 Å². The summed E-state index contributed by atoms with van der Waals surface area (Å²) in [5.41, 5.74) is 0.445. The molecular formula is C14H20N2O3. The van der Waals surface area contributed by atoms with E-state index in [-0.39, 0.29) is 17.6 Å². The molecule has 0 saturated heterocycles. The Labute approximate surface area is 113 Å². The van der Waals surface area contributed by atoms with Crippen molar-refractivity contribution in [1.29, 1.82) is 0 Å². The van der Waals surface area contributed by atoms with E-state index in [1.54, 1.807) is 0 Å². The van der Waals surface area contributed by atoms with Crippen molar-refractivity contribution in [3.8, 4) is 0 Å². The van der Waals surface area contributed by atoms with Gasteiger partial charge in [-0.3, -0.25) is 14.9 Å².